The van der Waals surface area contributed by atoms with Crippen LogP contribution in [-0.4, -0.2) is 16.6 Å². The fraction of sp³-hybridized carbons (Fsp3) is 0.407. The van der Waals surface area contributed by atoms with Gasteiger partial charge in [0, 0.05) is 11.9 Å². The van der Waals surface area contributed by atoms with Crippen molar-refractivity contribution < 1.29 is 17.9 Å². The minimum Gasteiger partial charge on any atom is -0.491 e. The summed E-state index contributed by atoms with van der Waals surface area (Å²) >= 11 is 0. The number of aromatic nitrogens is 2. The molecule has 1 unspecified atom stereocenters. The van der Waals surface area contributed by atoms with Gasteiger partial charge in [-0.15, -0.1) is 0 Å². The van der Waals surface area contributed by atoms with Gasteiger partial charge in [0.1, 0.15) is 17.1 Å². The van der Waals surface area contributed by atoms with Crippen molar-refractivity contribution in [2.45, 2.75) is 65.0 Å². The van der Waals surface area contributed by atoms with Crippen LogP contribution in [0.1, 0.15) is 69.9 Å². The standard InChI is InChI=1S/C27H33F3N4O/c1-4-6-7-10-17-35-24-12-9-8-11-23(24)33-25-22(27(28,29)30)18-31-26(34-25)32-21-15-13-20(14-16-21)19(3)5-2/h8-9,11-16,18-19H,4-7,10,17H2,1-3H3,(H2,31,32,33,34). The Hall–Kier alpha value is -3.29. The van der Waals surface area contributed by atoms with E-state index in [0.717, 1.165) is 38.3 Å². The molecule has 1 heterocycles. The van der Waals surface area contributed by atoms with Gasteiger partial charge in [0.25, 0.3) is 0 Å². The molecule has 0 aliphatic carbocycles. The van der Waals surface area contributed by atoms with Gasteiger partial charge in [0.05, 0.1) is 12.3 Å². The molecule has 0 radical (unpaired) electrons. The van der Waals surface area contributed by atoms with Gasteiger partial charge in [-0.1, -0.05) is 64.3 Å². The van der Waals surface area contributed by atoms with Crippen LogP contribution in [0.5, 0.6) is 5.75 Å². The van der Waals surface area contributed by atoms with Crippen LogP contribution >= 0.6 is 0 Å². The van der Waals surface area contributed by atoms with Crippen LogP contribution in [0.3, 0.4) is 0 Å². The maximum atomic E-state index is 13.7. The van der Waals surface area contributed by atoms with Crippen molar-refractivity contribution >= 4 is 23.1 Å². The van der Waals surface area contributed by atoms with Gasteiger partial charge < -0.3 is 15.4 Å². The Kier molecular flexibility index (Phi) is 9.34. The summed E-state index contributed by atoms with van der Waals surface area (Å²) in [6.07, 6.45) is 1.36. The summed E-state index contributed by atoms with van der Waals surface area (Å²) in [5.41, 5.74) is 1.35. The molecule has 0 spiro atoms. The molecular formula is C27H33F3N4O. The van der Waals surface area contributed by atoms with Crippen LogP contribution in [0, 0.1) is 0 Å². The molecule has 35 heavy (non-hydrogen) atoms. The lowest BCUT2D eigenvalue weighted by molar-refractivity contribution is -0.137. The van der Waals surface area contributed by atoms with E-state index in [0.29, 0.717) is 29.6 Å². The van der Waals surface area contributed by atoms with Crippen molar-refractivity contribution in [2.24, 2.45) is 0 Å². The number of benzene rings is 2. The van der Waals surface area contributed by atoms with E-state index in [1.807, 2.05) is 24.3 Å². The summed E-state index contributed by atoms with van der Waals surface area (Å²) in [5.74, 6) is 0.630. The first-order valence-corrected chi connectivity index (χ1v) is 12.1. The van der Waals surface area contributed by atoms with E-state index >= 15 is 0 Å². The van der Waals surface area contributed by atoms with Gasteiger partial charge in [-0.25, -0.2) is 4.98 Å². The molecule has 0 bridgehead atoms. The van der Waals surface area contributed by atoms with Crippen molar-refractivity contribution in [1.82, 2.24) is 9.97 Å². The molecule has 0 saturated carbocycles. The molecular weight excluding hydrogens is 453 g/mol. The largest absolute Gasteiger partial charge is 0.491 e. The van der Waals surface area contributed by atoms with Crippen LogP contribution in [0.15, 0.2) is 54.7 Å². The lowest BCUT2D eigenvalue weighted by Gasteiger charge is -2.17. The smallest absolute Gasteiger partial charge is 0.421 e. The number of unbranched alkanes of at least 4 members (excludes halogenated alkanes) is 3. The fourth-order valence-electron chi connectivity index (χ4n) is 3.54. The molecule has 0 saturated heterocycles. The monoisotopic (exact) mass is 486 g/mol. The van der Waals surface area contributed by atoms with E-state index in [-0.39, 0.29) is 11.8 Å². The Morgan fingerprint density at radius 3 is 2.37 bits per heavy atom. The molecule has 1 aromatic heterocycles. The molecule has 5 nitrogen and oxygen atoms in total. The Morgan fingerprint density at radius 1 is 0.943 bits per heavy atom. The number of hydrogen-bond donors (Lipinski definition) is 2. The van der Waals surface area contributed by atoms with E-state index < -0.39 is 11.7 Å². The highest BCUT2D eigenvalue weighted by Gasteiger charge is 2.35. The Labute approximate surface area is 205 Å². The first-order valence-electron chi connectivity index (χ1n) is 12.1. The van der Waals surface area contributed by atoms with E-state index in [9.17, 15) is 13.2 Å². The van der Waals surface area contributed by atoms with Gasteiger partial charge >= 0.3 is 6.18 Å². The molecule has 0 aliphatic rings. The second kappa shape index (κ2) is 12.4. The van der Waals surface area contributed by atoms with E-state index in [2.05, 4.69) is 41.4 Å². The highest BCUT2D eigenvalue weighted by Crippen LogP contribution is 2.37. The fourth-order valence-corrected chi connectivity index (χ4v) is 3.54. The zero-order valence-corrected chi connectivity index (χ0v) is 20.5. The third-order valence-electron chi connectivity index (χ3n) is 5.84. The number of hydrogen-bond acceptors (Lipinski definition) is 5. The third kappa shape index (κ3) is 7.60. The second-order valence-corrected chi connectivity index (χ2v) is 8.54. The van der Waals surface area contributed by atoms with Gasteiger partial charge in [0.2, 0.25) is 5.95 Å². The van der Waals surface area contributed by atoms with E-state index in [4.69, 9.17) is 4.74 Å². The predicted molar refractivity (Wildman–Crippen MR) is 135 cm³/mol. The van der Waals surface area contributed by atoms with Crippen LogP contribution in [0.25, 0.3) is 0 Å². The highest BCUT2D eigenvalue weighted by atomic mass is 19.4. The number of rotatable bonds is 12. The molecule has 188 valence electrons. The number of nitrogens with zero attached hydrogens (tertiary/aromatic N) is 2. The molecule has 3 rings (SSSR count). The maximum absolute atomic E-state index is 13.7. The average Bonchev–Trinajstić information content (AvgIpc) is 2.84. The highest BCUT2D eigenvalue weighted by molar-refractivity contribution is 5.67. The molecule has 0 aliphatic heterocycles. The first-order chi connectivity index (χ1) is 16.8. The summed E-state index contributed by atoms with van der Waals surface area (Å²) in [5, 5.41) is 5.82. The second-order valence-electron chi connectivity index (χ2n) is 8.54. The number of ether oxygens (including phenoxy) is 1. The minimum absolute atomic E-state index is 0.0646. The van der Waals surface area contributed by atoms with Crippen LogP contribution < -0.4 is 15.4 Å². The summed E-state index contributed by atoms with van der Waals surface area (Å²) in [7, 11) is 0. The molecule has 2 N–H and O–H groups in total. The number of anilines is 4. The van der Waals surface area contributed by atoms with Crippen molar-refractivity contribution in [3.05, 3.63) is 65.9 Å². The molecule has 0 fully saturated rings. The molecule has 1 atom stereocenters. The van der Waals surface area contributed by atoms with Gasteiger partial charge in [-0.3, -0.25) is 0 Å². The zero-order chi connectivity index (χ0) is 25.3. The predicted octanol–water partition coefficient (Wildman–Crippen LogP) is 8.46. The minimum atomic E-state index is -4.62. The van der Waals surface area contributed by atoms with Crippen LogP contribution in [0.2, 0.25) is 0 Å². The average molecular weight is 487 g/mol. The van der Waals surface area contributed by atoms with Crippen molar-refractivity contribution in [1.29, 1.82) is 0 Å². The van der Waals surface area contributed by atoms with Crippen molar-refractivity contribution in [2.75, 3.05) is 17.2 Å². The lowest BCUT2D eigenvalue weighted by atomic mass is 9.99. The third-order valence-corrected chi connectivity index (χ3v) is 5.84. The summed E-state index contributed by atoms with van der Waals surface area (Å²) < 4.78 is 47.0. The maximum Gasteiger partial charge on any atom is 0.421 e. The van der Waals surface area contributed by atoms with E-state index in [1.54, 1.807) is 24.3 Å². The lowest BCUT2D eigenvalue weighted by Crippen LogP contribution is -2.13. The number of nitrogens with one attached hydrogen (secondary N) is 2. The van der Waals surface area contributed by atoms with Gasteiger partial charge in [-0.2, -0.15) is 18.2 Å². The van der Waals surface area contributed by atoms with Crippen LogP contribution in [-0.2, 0) is 6.18 Å². The Morgan fingerprint density at radius 2 is 1.69 bits per heavy atom. The topological polar surface area (TPSA) is 59.1 Å². The number of para-hydroxylation sites is 2. The van der Waals surface area contributed by atoms with Crippen molar-refractivity contribution in [3.63, 3.8) is 0 Å². The summed E-state index contributed by atoms with van der Waals surface area (Å²) in [4.78, 5) is 8.06. The number of halogens is 3. The molecule has 3 aromatic rings. The van der Waals surface area contributed by atoms with Gasteiger partial charge in [0.15, 0.2) is 0 Å². The quantitative estimate of drug-likeness (QED) is 0.252. The number of alkyl halides is 3. The first kappa shape index (κ1) is 26.3. The summed E-state index contributed by atoms with van der Waals surface area (Å²) in [6.45, 7) is 6.89. The van der Waals surface area contributed by atoms with Crippen LogP contribution in [0.4, 0.5) is 36.3 Å². The normalized spacial score (nSPS) is 12.3. The molecule has 0 amide bonds. The Bertz CT molecular complexity index is 1070. The Balaban J connectivity index is 1.81. The molecule has 8 heteroatoms. The zero-order valence-electron chi connectivity index (χ0n) is 20.5. The van der Waals surface area contributed by atoms with Gasteiger partial charge in [-0.05, 0) is 48.6 Å². The van der Waals surface area contributed by atoms with Crippen molar-refractivity contribution in [3.8, 4) is 5.75 Å². The SMILES string of the molecule is CCCCCCOc1ccccc1Nc1nc(Nc2ccc(C(C)CC)cc2)ncc1C(F)(F)F. The molecule has 2 aromatic carbocycles. The summed E-state index contributed by atoms with van der Waals surface area (Å²) in [6, 6.07) is 14.7. The van der Waals surface area contributed by atoms with E-state index in [1.165, 1.54) is 5.56 Å².